The van der Waals surface area contributed by atoms with E-state index in [1.54, 1.807) is 0 Å². The Morgan fingerprint density at radius 3 is 2.68 bits per heavy atom. The summed E-state index contributed by atoms with van der Waals surface area (Å²) >= 11 is 0. The van der Waals surface area contributed by atoms with Gasteiger partial charge >= 0.3 is 0 Å². The molecule has 1 aliphatic carbocycles. The van der Waals surface area contributed by atoms with Crippen LogP contribution in [-0.4, -0.2) is 59.8 Å². The fourth-order valence-corrected chi connectivity index (χ4v) is 5.10. The van der Waals surface area contributed by atoms with Gasteiger partial charge in [-0.2, -0.15) is 0 Å². The van der Waals surface area contributed by atoms with Gasteiger partial charge in [0.1, 0.15) is 0 Å². The first-order valence-corrected chi connectivity index (χ1v) is 8.36. The van der Waals surface area contributed by atoms with E-state index in [0.717, 1.165) is 12.0 Å². The molecular formula is C16H28N2O. The number of hydrogen-bond donors (Lipinski definition) is 0. The lowest BCUT2D eigenvalue weighted by atomic mass is 10.0. The van der Waals surface area contributed by atoms with E-state index in [9.17, 15) is 0 Å². The Labute approximate surface area is 117 Å². The number of fused-ring (bicyclic) bond motifs is 4. The number of likely N-dealkylation sites (tertiary alicyclic amines) is 2. The highest BCUT2D eigenvalue weighted by molar-refractivity contribution is 5.00. The van der Waals surface area contributed by atoms with Gasteiger partial charge in [0.25, 0.3) is 0 Å². The zero-order chi connectivity index (χ0) is 13.0. The number of rotatable bonds is 4. The first-order chi connectivity index (χ1) is 9.20. The minimum Gasteiger partial charge on any atom is -0.372 e. The predicted molar refractivity (Wildman–Crippen MR) is 76.2 cm³/mol. The van der Waals surface area contributed by atoms with Crippen LogP contribution in [0.4, 0.5) is 0 Å². The van der Waals surface area contributed by atoms with Crippen molar-refractivity contribution in [3.63, 3.8) is 0 Å². The van der Waals surface area contributed by atoms with E-state index < -0.39 is 0 Å². The molecule has 19 heavy (non-hydrogen) atoms. The van der Waals surface area contributed by atoms with Crippen molar-refractivity contribution < 1.29 is 4.74 Å². The molecule has 1 saturated carbocycles. The average Bonchev–Trinajstić information content (AvgIpc) is 3.14. The Bertz CT molecular complexity index is 346. The molecule has 0 aromatic rings. The van der Waals surface area contributed by atoms with Crippen LogP contribution in [0.2, 0.25) is 0 Å². The van der Waals surface area contributed by atoms with Crippen LogP contribution >= 0.6 is 0 Å². The second kappa shape index (κ2) is 4.71. The van der Waals surface area contributed by atoms with Gasteiger partial charge in [-0.05, 0) is 51.9 Å². The van der Waals surface area contributed by atoms with E-state index in [-0.39, 0.29) is 0 Å². The molecule has 5 atom stereocenters. The average molecular weight is 264 g/mol. The van der Waals surface area contributed by atoms with Gasteiger partial charge in [-0.25, -0.2) is 0 Å². The lowest BCUT2D eigenvalue weighted by Gasteiger charge is -2.37. The van der Waals surface area contributed by atoms with Gasteiger partial charge in [-0.3, -0.25) is 4.90 Å². The highest BCUT2D eigenvalue weighted by Gasteiger charge is 2.47. The Balaban J connectivity index is 1.32. The molecule has 0 spiro atoms. The molecule has 0 aromatic carbocycles. The lowest BCUT2D eigenvalue weighted by molar-refractivity contribution is -0.0503. The molecule has 4 bridgehead atoms. The first kappa shape index (κ1) is 12.6. The standard InChI is InChI=1S/C16H28N2O/c1-11(2)18-10-14-8-15(18)16(19-14)5-6-17-9-12-3-4-13(17)7-12/h11-16H,3-10H2,1-2H3. The fourth-order valence-electron chi connectivity index (χ4n) is 5.10. The quantitative estimate of drug-likeness (QED) is 0.773. The number of morpholine rings is 1. The molecule has 4 rings (SSSR count). The maximum Gasteiger partial charge on any atom is 0.0747 e. The monoisotopic (exact) mass is 264 g/mol. The molecule has 5 unspecified atom stereocenters. The number of nitrogens with zero attached hydrogens (tertiary/aromatic N) is 2. The number of piperidine rings is 1. The molecule has 3 aliphatic heterocycles. The van der Waals surface area contributed by atoms with Crippen molar-refractivity contribution in [2.24, 2.45) is 5.92 Å². The first-order valence-electron chi connectivity index (χ1n) is 8.36. The lowest BCUT2D eigenvalue weighted by Crippen LogP contribution is -2.48. The highest BCUT2D eigenvalue weighted by atomic mass is 16.5. The maximum atomic E-state index is 6.21. The van der Waals surface area contributed by atoms with Crippen LogP contribution < -0.4 is 0 Å². The highest BCUT2D eigenvalue weighted by Crippen LogP contribution is 2.39. The van der Waals surface area contributed by atoms with Crippen molar-refractivity contribution in [1.82, 2.24) is 9.80 Å². The van der Waals surface area contributed by atoms with E-state index in [0.29, 0.717) is 24.3 Å². The van der Waals surface area contributed by atoms with Crippen LogP contribution in [0, 0.1) is 5.92 Å². The molecule has 108 valence electrons. The number of ether oxygens (including phenoxy) is 1. The van der Waals surface area contributed by atoms with Gasteiger partial charge in [0.05, 0.1) is 12.2 Å². The summed E-state index contributed by atoms with van der Waals surface area (Å²) in [5, 5.41) is 0. The topological polar surface area (TPSA) is 15.7 Å². The van der Waals surface area contributed by atoms with Crippen molar-refractivity contribution in [3.8, 4) is 0 Å². The third-order valence-electron chi connectivity index (χ3n) is 6.03. The molecule has 3 heterocycles. The van der Waals surface area contributed by atoms with Gasteiger partial charge in [0, 0.05) is 37.8 Å². The summed E-state index contributed by atoms with van der Waals surface area (Å²) < 4.78 is 6.21. The molecule has 0 N–H and O–H groups in total. The van der Waals surface area contributed by atoms with E-state index in [4.69, 9.17) is 4.74 Å². The molecule has 0 aromatic heterocycles. The van der Waals surface area contributed by atoms with Crippen LogP contribution in [0.1, 0.15) is 46.0 Å². The van der Waals surface area contributed by atoms with Crippen molar-refractivity contribution in [3.05, 3.63) is 0 Å². The summed E-state index contributed by atoms with van der Waals surface area (Å²) in [7, 11) is 0. The second-order valence-electron chi connectivity index (χ2n) is 7.51. The molecule has 3 saturated heterocycles. The van der Waals surface area contributed by atoms with E-state index in [1.807, 2.05) is 0 Å². The third-order valence-corrected chi connectivity index (χ3v) is 6.03. The maximum absolute atomic E-state index is 6.21. The summed E-state index contributed by atoms with van der Waals surface area (Å²) in [6.45, 7) is 8.49. The number of hydrogen-bond acceptors (Lipinski definition) is 3. The van der Waals surface area contributed by atoms with E-state index >= 15 is 0 Å². The summed E-state index contributed by atoms with van der Waals surface area (Å²) in [5.74, 6) is 1.03. The predicted octanol–water partition coefficient (Wildman–Crippen LogP) is 2.11. The molecular weight excluding hydrogens is 236 g/mol. The van der Waals surface area contributed by atoms with E-state index in [2.05, 4.69) is 23.6 Å². The van der Waals surface area contributed by atoms with E-state index in [1.165, 1.54) is 51.7 Å². The zero-order valence-electron chi connectivity index (χ0n) is 12.4. The van der Waals surface area contributed by atoms with Crippen molar-refractivity contribution in [1.29, 1.82) is 0 Å². The largest absolute Gasteiger partial charge is 0.372 e. The van der Waals surface area contributed by atoms with Gasteiger partial charge in [0.2, 0.25) is 0 Å². The normalized spacial score (nSPS) is 45.9. The Morgan fingerprint density at radius 1 is 1.16 bits per heavy atom. The van der Waals surface area contributed by atoms with Gasteiger partial charge in [0.15, 0.2) is 0 Å². The molecule has 3 heteroatoms. The van der Waals surface area contributed by atoms with Crippen LogP contribution in [0.15, 0.2) is 0 Å². The van der Waals surface area contributed by atoms with Crippen LogP contribution in [0.3, 0.4) is 0 Å². The van der Waals surface area contributed by atoms with Gasteiger partial charge in [-0.1, -0.05) is 0 Å². The minimum absolute atomic E-state index is 0.514. The zero-order valence-corrected chi connectivity index (χ0v) is 12.4. The third kappa shape index (κ3) is 2.14. The SMILES string of the molecule is CC(C)N1CC2CC1C(CCN1CC3CCC1C3)O2. The van der Waals surface area contributed by atoms with Gasteiger partial charge in [-0.15, -0.1) is 0 Å². The molecule has 4 fully saturated rings. The summed E-state index contributed by atoms with van der Waals surface area (Å²) in [5.41, 5.74) is 0. The summed E-state index contributed by atoms with van der Waals surface area (Å²) in [6.07, 6.45) is 8.03. The van der Waals surface area contributed by atoms with Crippen LogP contribution in [-0.2, 0) is 4.74 Å². The van der Waals surface area contributed by atoms with Crippen LogP contribution in [0.5, 0.6) is 0 Å². The Hall–Kier alpha value is -0.120. The molecule has 4 aliphatic rings. The minimum atomic E-state index is 0.514. The van der Waals surface area contributed by atoms with Crippen molar-refractivity contribution in [2.45, 2.75) is 76.3 Å². The van der Waals surface area contributed by atoms with Crippen LogP contribution in [0.25, 0.3) is 0 Å². The second-order valence-corrected chi connectivity index (χ2v) is 7.51. The summed E-state index contributed by atoms with van der Waals surface area (Å²) in [6, 6.07) is 2.32. The smallest absolute Gasteiger partial charge is 0.0747 e. The van der Waals surface area contributed by atoms with Crippen molar-refractivity contribution in [2.75, 3.05) is 19.6 Å². The molecule has 3 nitrogen and oxygen atoms in total. The van der Waals surface area contributed by atoms with Gasteiger partial charge < -0.3 is 9.64 Å². The molecule has 0 amide bonds. The van der Waals surface area contributed by atoms with Crippen molar-refractivity contribution >= 4 is 0 Å². The summed E-state index contributed by atoms with van der Waals surface area (Å²) in [4.78, 5) is 5.43. The Morgan fingerprint density at radius 2 is 2.05 bits per heavy atom. The Kier molecular flexibility index (Phi) is 3.13. The fraction of sp³-hybridized carbons (Fsp3) is 1.00. The molecule has 0 radical (unpaired) electrons.